The van der Waals surface area contributed by atoms with Crippen LogP contribution in [0, 0.1) is 6.54 Å². The summed E-state index contributed by atoms with van der Waals surface area (Å²) in [6.07, 6.45) is 0. The van der Waals surface area contributed by atoms with E-state index in [1.54, 1.807) is 24.3 Å². The maximum Gasteiger partial charge on any atom is 0.120 e. The molecule has 0 saturated carbocycles. The van der Waals surface area contributed by atoms with Gasteiger partial charge in [-0.1, -0.05) is 18.2 Å². The van der Waals surface area contributed by atoms with Gasteiger partial charge in [-0.15, -0.1) is 0 Å². The molecule has 0 amide bonds. The van der Waals surface area contributed by atoms with Gasteiger partial charge in [0.1, 0.15) is 5.75 Å². The molecule has 1 rings (SSSR count). The molecule has 1 aromatic carbocycles. The SMILES string of the molecule is ON[CH]c1ccccc1O. The molecule has 0 atom stereocenters. The summed E-state index contributed by atoms with van der Waals surface area (Å²) in [6, 6.07) is 6.70. The van der Waals surface area contributed by atoms with Crippen LogP contribution in [-0.4, -0.2) is 10.3 Å². The van der Waals surface area contributed by atoms with Crippen LogP contribution in [0.1, 0.15) is 5.56 Å². The summed E-state index contributed by atoms with van der Waals surface area (Å²) < 4.78 is 0. The molecule has 0 aliphatic rings. The van der Waals surface area contributed by atoms with Crippen LogP contribution in [0.3, 0.4) is 0 Å². The highest BCUT2D eigenvalue weighted by Gasteiger charge is 1.96. The smallest absolute Gasteiger partial charge is 0.120 e. The number of aromatic hydroxyl groups is 1. The molecule has 3 N–H and O–H groups in total. The van der Waals surface area contributed by atoms with Crippen molar-refractivity contribution in [1.82, 2.24) is 5.48 Å². The molecule has 0 aromatic heterocycles. The van der Waals surface area contributed by atoms with Gasteiger partial charge in [0, 0.05) is 5.56 Å². The first-order valence-corrected chi connectivity index (χ1v) is 2.85. The predicted octanol–water partition coefficient (Wildman–Crippen LogP) is 0.881. The van der Waals surface area contributed by atoms with Crippen LogP contribution in [0.2, 0.25) is 0 Å². The summed E-state index contributed by atoms with van der Waals surface area (Å²) in [5.74, 6) is 0.143. The van der Waals surface area contributed by atoms with E-state index in [-0.39, 0.29) is 5.75 Å². The average Bonchev–Trinajstić information content (AvgIpc) is 1.94. The van der Waals surface area contributed by atoms with Gasteiger partial charge in [-0.2, -0.15) is 5.48 Å². The Labute approximate surface area is 58.9 Å². The molecule has 0 fully saturated rings. The van der Waals surface area contributed by atoms with Crippen LogP contribution in [-0.2, 0) is 0 Å². The fourth-order valence-corrected chi connectivity index (χ4v) is 0.679. The highest BCUT2D eigenvalue weighted by atomic mass is 16.5. The topological polar surface area (TPSA) is 52.5 Å². The highest BCUT2D eigenvalue weighted by molar-refractivity contribution is 5.36. The number of phenols is 1. The van der Waals surface area contributed by atoms with Crippen molar-refractivity contribution in [2.75, 3.05) is 0 Å². The van der Waals surface area contributed by atoms with Gasteiger partial charge < -0.3 is 10.3 Å². The van der Waals surface area contributed by atoms with E-state index >= 15 is 0 Å². The summed E-state index contributed by atoms with van der Waals surface area (Å²) in [5.41, 5.74) is 2.40. The zero-order valence-electron chi connectivity index (χ0n) is 5.28. The zero-order chi connectivity index (χ0) is 7.40. The van der Waals surface area contributed by atoms with Crippen molar-refractivity contribution in [3.8, 4) is 5.75 Å². The summed E-state index contributed by atoms with van der Waals surface area (Å²) in [5, 5.41) is 17.3. The van der Waals surface area contributed by atoms with Gasteiger partial charge in [0.15, 0.2) is 0 Å². The Hall–Kier alpha value is -1.06. The van der Waals surface area contributed by atoms with E-state index in [0.29, 0.717) is 5.56 Å². The summed E-state index contributed by atoms with van der Waals surface area (Å²) >= 11 is 0. The third-order valence-corrected chi connectivity index (χ3v) is 1.16. The Balaban J connectivity index is 2.81. The lowest BCUT2D eigenvalue weighted by molar-refractivity contribution is 0.199. The molecular weight excluding hydrogens is 130 g/mol. The molecule has 0 spiro atoms. The summed E-state index contributed by atoms with van der Waals surface area (Å²) in [4.78, 5) is 0. The van der Waals surface area contributed by atoms with Gasteiger partial charge >= 0.3 is 0 Å². The van der Waals surface area contributed by atoms with Crippen molar-refractivity contribution in [3.05, 3.63) is 36.4 Å². The van der Waals surface area contributed by atoms with Crippen molar-refractivity contribution in [2.45, 2.75) is 0 Å². The molecular formula is C7H8NO2. The van der Waals surface area contributed by atoms with E-state index in [1.807, 2.05) is 5.48 Å². The van der Waals surface area contributed by atoms with E-state index in [4.69, 9.17) is 10.3 Å². The Kier molecular flexibility index (Phi) is 2.25. The van der Waals surface area contributed by atoms with Crippen molar-refractivity contribution in [3.63, 3.8) is 0 Å². The van der Waals surface area contributed by atoms with Gasteiger partial charge in [0.25, 0.3) is 0 Å². The largest absolute Gasteiger partial charge is 0.508 e. The molecule has 0 heterocycles. The highest BCUT2D eigenvalue weighted by Crippen LogP contribution is 2.15. The Morgan fingerprint density at radius 3 is 2.60 bits per heavy atom. The average molecular weight is 138 g/mol. The summed E-state index contributed by atoms with van der Waals surface area (Å²) in [6.45, 7) is 1.30. The van der Waals surface area contributed by atoms with Crippen molar-refractivity contribution in [2.24, 2.45) is 0 Å². The van der Waals surface area contributed by atoms with Crippen LogP contribution in [0.5, 0.6) is 5.75 Å². The third-order valence-electron chi connectivity index (χ3n) is 1.16. The first-order valence-electron chi connectivity index (χ1n) is 2.85. The van der Waals surface area contributed by atoms with Crippen molar-refractivity contribution >= 4 is 0 Å². The van der Waals surface area contributed by atoms with Crippen LogP contribution in [0.15, 0.2) is 24.3 Å². The standard InChI is InChI=1S/C7H8NO2/c9-7-4-2-1-3-6(7)5-8-10/h1-5,8-10H. The van der Waals surface area contributed by atoms with E-state index in [9.17, 15) is 0 Å². The van der Waals surface area contributed by atoms with Gasteiger partial charge in [0.2, 0.25) is 0 Å². The summed E-state index contributed by atoms with van der Waals surface area (Å²) in [7, 11) is 0. The minimum absolute atomic E-state index is 0.143. The first-order chi connectivity index (χ1) is 4.84. The lowest BCUT2D eigenvalue weighted by atomic mass is 10.2. The molecule has 0 saturated heterocycles. The quantitative estimate of drug-likeness (QED) is 0.532. The molecule has 1 radical (unpaired) electrons. The van der Waals surface area contributed by atoms with Crippen LogP contribution in [0.25, 0.3) is 0 Å². The van der Waals surface area contributed by atoms with Gasteiger partial charge in [-0.3, -0.25) is 0 Å². The number of para-hydroxylation sites is 1. The number of hydrogen-bond donors (Lipinski definition) is 3. The Morgan fingerprint density at radius 2 is 2.00 bits per heavy atom. The fourth-order valence-electron chi connectivity index (χ4n) is 0.679. The predicted molar refractivity (Wildman–Crippen MR) is 36.4 cm³/mol. The van der Waals surface area contributed by atoms with Crippen LogP contribution < -0.4 is 5.48 Å². The lowest BCUT2D eigenvalue weighted by Crippen LogP contribution is -2.02. The van der Waals surface area contributed by atoms with E-state index in [0.717, 1.165) is 0 Å². The number of hydroxylamine groups is 1. The van der Waals surface area contributed by atoms with Crippen LogP contribution in [0.4, 0.5) is 0 Å². The molecule has 0 unspecified atom stereocenters. The molecule has 0 bridgehead atoms. The second-order valence-electron chi connectivity index (χ2n) is 1.83. The maximum absolute atomic E-state index is 9.06. The second kappa shape index (κ2) is 3.20. The third kappa shape index (κ3) is 1.46. The number of phenolic OH excluding ortho intramolecular Hbond substituents is 1. The maximum atomic E-state index is 9.06. The number of benzene rings is 1. The zero-order valence-corrected chi connectivity index (χ0v) is 5.28. The number of nitrogens with one attached hydrogen (secondary N) is 1. The first kappa shape index (κ1) is 7.05. The van der Waals surface area contributed by atoms with Crippen molar-refractivity contribution < 1.29 is 10.3 Å². The molecule has 53 valence electrons. The Bertz CT molecular complexity index is 213. The van der Waals surface area contributed by atoms with Gasteiger partial charge in [-0.25, -0.2) is 0 Å². The van der Waals surface area contributed by atoms with E-state index in [2.05, 4.69) is 0 Å². The van der Waals surface area contributed by atoms with E-state index in [1.165, 1.54) is 6.54 Å². The van der Waals surface area contributed by atoms with Gasteiger partial charge in [-0.05, 0) is 6.07 Å². The lowest BCUT2D eigenvalue weighted by Gasteiger charge is -1.99. The van der Waals surface area contributed by atoms with Crippen molar-refractivity contribution in [1.29, 1.82) is 0 Å². The minimum Gasteiger partial charge on any atom is -0.508 e. The normalized spacial score (nSPS) is 9.70. The Morgan fingerprint density at radius 1 is 1.30 bits per heavy atom. The minimum atomic E-state index is 0.143. The number of rotatable bonds is 2. The monoisotopic (exact) mass is 138 g/mol. The molecule has 0 aliphatic heterocycles. The molecule has 1 aromatic rings. The van der Waals surface area contributed by atoms with Crippen LogP contribution >= 0.6 is 0 Å². The van der Waals surface area contributed by atoms with Gasteiger partial charge in [0.05, 0.1) is 6.54 Å². The fraction of sp³-hybridized carbons (Fsp3) is 0. The van der Waals surface area contributed by atoms with E-state index < -0.39 is 0 Å². The molecule has 0 aliphatic carbocycles. The number of hydrogen-bond acceptors (Lipinski definition) is 3. The molecule has 10 heavy (non-hydrogen) atoms. The second-order valence-corrected chi connectivity index (χ2v) is 1.83. The molecule has 3 heteroatoms. The molecule has 3 nitrogen and oxygen atoms in total.